The number of methoxy groups -OCH3 is 1. The van der Waals surface area contributed by atoms with E-state index in [1.807, 2.05) is 36.4 Å². The Morgan fingerprint density at radius 3 is 2.69 bits per heavy atom. The molecule has 35 heavy (non-hydrogen) atoms. The van der Waals surface area contributed by atoms with Crippen LogP contribution in [0.3, 0.4) is 0 Å². The molecule has 0 aliphatic carbocycles. The minimum atomic E-state index is -3.77. The van der Waals surface area contributed by atoms with Gasteiger partial charge >= 0.3 is 0 Å². The maximum absolute atomic E-state index is 13.0. The summed E-state index contributed by atoms with van der Waals surface area (Å²) in [5.74, 6) is 0.645. The highest BCUT2D eigenvalue weighted by Crippen LogP contribution is 2.26. The summed E-state index contributed by atoms with van der Waals surface area (Å²) in [6.45, 7) is 1.07. The van der Waals surface area contributed by atoms with E-state index in [4.69, 9.17) is 10.5 Å². The van der Waals surface area contributed by atoms with Gasteiger partial charge in [0.15, 0.2) is 0 Å². The summed E-state index contributed by atoms with van der Waals surface area (Å²) in [4.78, 5) is 19.0. The van der Waals surface area contributed by atoms with Gasteiger partial charge in [0, 0.05) is 31.2 Å². The third-order valence-electron chi connectivity index (χ3n) is 6.49. The normalized spacial score (nSPS) is 16.3. The SMILES string of the molecule is COc1ccc2ccc(S(=O)(=O)NC[C@@H]3CCN(Cc4ccc5ccnc(N)c5c4)C3=O)cc2c1. The molecule has 1 aliphatic rings. The quantitative estimate of drug-likeness (QED) is 0.411. The molecule has 9 heteroatoms. The highest BCUT2D eigenvalue weighted by molar-refractivity contribution is 7.89. The van der Waals surface area contributed by atoms with Crippen molar-refractivity contribution in [2.75, 3.05) is 25.9 Å². The molecule has 2 heterocycles. The fourth-order valence-corrected chi connectivity index (χ4v) is 5.61. The van der Waals surface area contributed by atoms with Crippen molar-refractivity contribution in [1.29, 1.82) is 0 Å². The van der Waals surface area contributed by atoms with Crippen molar-refractivity contribution in [2.24, 2.45) is 5.92 Å². The Kier molecular flexibility index (Phi) is 6.04. The lowest BCUT2D eigenvalue weighted by molar-refractivity contribution is -0.131. The average Bonchev–Trinajstić information content (AvgIpc) is 3.21. The summed E-state index contributed by atoms with van der Waals surface area (Å²) in [5, 5.41) is 3.53. The molecular weight excluding hydrogens is 464 g/mol. The van der Waals surface area contributed by atoms with Gasteiger partial charge in [0.05, 0.1) is 17.9 Å². The monoisotopic (exact) mass is 490 g/mol. The van der Waals surface area contributed by atoms with E-state index in [2.05, 4.69) is 9.71 Å². The van der Waals surface area contributed by atoms with Crippen molar-refractivity contribution in [3.8, 4) is 5.75 Å². The zero-order valence-corrected chi connectivity index (χ0v) is 20.1. The molecule has 1 saturated heterocycles. The number of carbonyl (C=O) groups is 1. The molecule has 3 aromatic carbocycles. The number of sulfonamides is 1. The van der Waals surface area contributed by atoms with Gasteiger partial charge < -0.3 is 15.4 Å². The van der Waals surface area contributed by atoms with Crippen molar-refractivity contribution >= 4 is 43.3 Å². The van der Waals surface area contributed by atoms with Gasteiger partial charge in [-0.1, -0.05) is 24.3 Å². The minimum absolute atomic E-state index is 0.0579. The number of rotatable bonds is 7. The van der Waals surface area contributed by atoms with Crippen LogP contribution in [-0.4, -0.2) is 44.4 Å². The maximum atomic E-state index is 13.0. The number of likely N-dealkylation sites (tertiary alicyclic amines) is 1. The number of nitrogen functional groups attached to an aromatic ring is 1. The number of nitrogens with zero attached hydrogens (tertiary/aromatic N) is 2. The van der Waals surface area contributed by atoms with Crippen LogP contribution in [0.4, 0.5) is 5.82 Å². The Balaban J connectivity index is 1.25. The fourth-order valence-electron chi connectivity index (χ4n) is 4.50. The first kappa shape index (κ1) is 23.1. The summed E-state index contributed by atoms with van der Waals surface area (Å²) < 4.78 is 33.7. The predicted octanol–water partition coefficient (Wildman–Crippen LogP) is 3.31. The first-order valence-corrected chi connectivity index (χ1v) is 12.8. The summed E-state index contributed by atoms with van der Waals surface area (Å²) in [7, 11) is -2.20. The molecule has 0 unspecified atom stereocenters. The second kappa shape index (κ2) is 9.16. The zero-order valence-electron chi connectivity index (χ0n) is 19.3. The van der Waals surface area contributed by atoms with Gasteiger partial charge in [-0.2, -0.15) is 0 Å². The number of nitrogens with one attached hydrogen (secondary N) is 1. The van der Waals surface area contributed by atoms with Crippen LogP contribution in [0.15, 0.2) is 71.8 Å². The number of fused-ring (bicyclic) bond motifs is 2. The minimum Gasteiger partial charge on any atom is -0.497 e. The average molecular weight is 491 g/mol. The first-order chi connectivity index (χ1) is 16.8. The van der Waals surface area contributed by atoms with Gasteiger partial charge in [0.2, 0.25) is 15.9 Å². The van der Waals surface area contributed by atoms with Crippen LogP contribution in [0.5, 0.6) is 5.75 Å². The molecule has 0 spiro atoms. The number of hydrogen-bond donors (Lipinski definition) is 2. The Bertz CT molecular complexity index is 1540. The van der Waals surface area contributed by atoms with Gasteiger partial charge in [-0.15, -0.1) is 0 Å². The maximum Gasteiger partial charge on any atom is 0.240 e. The third-order valence-corrected chi connectivity index (χ3v) is 7.91. The summed E-state index contributed by atoms with van der Waals surface area (Å²) >= 11 is 0. The number of pyridine rings is 1. The van der Waals surface area contributed by atoms with Crippen LogP contribution in [-0.2, 0) is 21.4 Å². The molecule has 4 aromatic rings. The molecule has 0 bridgehead atoms. The Labute approximate surface area is 203 Å². The van der Waals surface area contributed by atoms with E-state index < -0.39 is 15.9 Å². The first-order valence-electron chi connectivity index (χ1n) is 11.3. The topological polar surface area (TPSA) is 115 Å². The van der Waals surface area contributed by atoms with Crippen LogP contribution < -0.4 is 15.2 Å². The van der Waals surface area contributed by atoms with Crippen LogP contribution in [0.2, 0.25) is 0 Å². The van der Waals surface area contributed by atoms with Crippen molar-refractivity contribution in [1.82, 2.24) is 14.6 Å². The molecule has 1 aromatic heterocycles. The Morgan fingerprint density at radius 1 is 1.06 bits per heavy atom. The predicted molar refractivity (Wildman–Crippen MR) is 135 cm³/mol. The summed E-state index contributed by atoms with van der Waals surface area (Å²) in [6, 6.07) is 18.2. The Hall–Kier alpha value is -3.69. The fraction of sp³-hybridized carbons (Fsp3) is 0.231. The lowest BCUT2D eigenvalue weighted by Crippen LogP contribution is -2.34. The number of aromatic nitrogens is 1. The van der Waals surface area contributed by atoms with Crippen molar-refractivity contribution < 1.29 is 17.9 Å². The summed E-state index contributed by atoms with van der Waals surface area (Å²) in [5.41, 5.74) is 6.95. The standard InChI is InChI=1S/C26H26N4O4S/c1-34-22-6-4-18-5-7-23(14-21(18)13-22)35(32,33)29-15-20-9-11-30(26(20)31)16-17-2-3-19-8-10-28-25(27)24(19)12-17/h2-8,10,12-14,20,29H,9,11,15-16H2,1H3,(H2,27,28)/t20-/m0/s1. The number of amides is 1. The molecule has 0 saturated carbocycles. The van der Waals surface area contributed by atoms with Crippen LogP contribution >= 0.6 is 0 Å². The van der Waals surface area contributed by atoms with Crippen molar-refractivity contribution in [2.45, 2.75) is 17.9 Å². The molecule has 180 valence electrons. The van der Waals surface area contributed by atoms with E-state index in [1.165, 1.54) is 0 Å². The molecule has 1 fully saturated rings. The molecule has 0 radical (unpaired) electrons. The smallest absolute Gasteiger partial charge is 0.240 e. The van der Waals surface area contributed by atoms with E-state index in [-0.39, 0.29) is 17.3 Å². The highest BCUT2D eigenvalue weighted by atomic mass is 32.2. The van der Waals surface area contributed by atoms with Crippen LogP contribution in [0, 0.1) is 5.92 Å². The number of benzene rings is 3. The van der Waals surface area contributed by atoms with Crippen LogP contribution in [0.25, 0.3) is 21.5 Å². The molecule has 8 nitrogen and oxygen atoms in total. The van der Waals surface area contributed by atoms with Crippen LogP contribution in [0.1, 0.15) is 12.0 Å². The number of carbonyl (C=O) groups excluding carboxylic acids is 1. The van der Waals surface area contributed by atoms with Gasteiger partial charge in [-0.3, -0.25) is 4.79 Å². The van der Waals surface area contributed by atoms with Gasteiger partial charge in [0.1, 0.15) is 11.6 Å². The number of ether oxygens (including phenoxy) is 1. The van der Waals surface area contributed by atoms with Gasteiger partial charge in [-0.05, 0) is 64.5 Å². The van der Waals surface area contributed by atoms with Crippen molar-refractivity contribution in [3.05, 3.63) is 72.4 Å². The van der Waals surface area contributed by atoms with Gasteiger partial charge in [-0.25, -0.2) is 18.1 Å². The van der Waals surface area contributed by atoms with Gasteiger partial charge in [0.25, 0.3) is 0 Å². The molecular formula is C26H26N4O4S. The number of nitrogens with two attached hydrogens (primary N) is 1. The molecule has 3 N–H and O–H groups in total. The molecule has 1 aliphatic heterocycles. The number of anilines is 1. The van der Waals surface area contributed by atoms with E-state index in [0.29, 0.717) is 31.1 Å². The lowest BCUT2D eigenvalue weighted by atomic mass is 10.1. The van der Waals surface area contributed by atoms with Crippen molar-refractivity contribution in [3.63, 3.8) is 0 Å². The second-order valence-corrected chi connectivity index (χ2v) is 10.5. The lowest BCUT2D eigenvalue weighted by Gasteiger charge is -2.18. The largest absolute Gasteiger partial charge is 0.497 e. The van der Waals surface area contributed by atoms with E-state index in [9.17, 15) is 13.2 Å². The van der Waals surface area contributed by atoms with E-state index >= 15 is 0 Å². The molecule has 1 amide bonds. The van der Waals surface area contributed by atoms with E-state index in [0.717, 1.165) is 27.1 Å². The highest BCUT2D eigenvalue weighted by Gasteiger charge is 2.32. The molecule has 5 rings (SSSR count). The number of hydrogen-bond acceptors (Lipinski definition) is 6. The summed E-state index contributed by atoms with van der Waals surface area (Å²) in [6.07, 6.45) is 2.26. The zero-order chi connectivity index (χ0) is 24.6. The molecule has 1 atom stereocenters. The second-order valence-electron chi connectivity index (χ2n) is 8.72. The third kappa shape index (κ3) is 4.65. The van der Waals surface area contributed by atoms with E-state index in [1.54, 1.807) is 42.5 Å². The Morgan fingerprint density at radius 2 is 1.86 bits per heavy atom.